The minimum atomic E-state index is -4.52. The first-order valence-electron chi connectivity index (χ1n) is 5.77. The maximum atomic E-state index is 11.9. The van der Waals surface area contributed by atoms with Crippen LogP contribution in [-0.2, 0) is 9.63 Å². The van der Waals surface area contributed by atoms with E-state index < -0.39 is 30.9 Å². The van der Waals surface area contributed by atoms with Crippen molar-refractivity contribution in [3.8, 4) is 11.5 Å². The standard InChI is InChI=1S/C12H12F3NO4/c1-7-10(11(17)16-18-6-12(13,14)15)20-9-5-3-2-4-8(9)19-7/h2-5,7,10H,6H2,1H3,(H,16,17). The highest BCUT2D eigenvalue weighted by Gasteiger charge is 2.35. The normalized spacial score (nSPS) is 21.4. The van der Waals surface area contributed by atoms with E-state index in [-0.39, 0.29) is 0 Å². The fourth-order valence-electron chi connectivity index (χ4n) is 1.65. The van der Waals surface area contributed by atoms with Crippen LogP contribution in [0.15, 0.2) is 24.3 Å². The van der Waals surface area contributed by atoms with Gasteiger partial charge in [-0.2, -0.15) is 13.2 Å². The molecule has 1 aromatic carbocycles. The van der Waals surface area contributed by atoms with Gasteiger partial charge >= 0.3 is 6.18 Å². The van der Waals surface area contributed by atoms with E-state index in [0.29, 0.717) is 11.5 Å². The van der Waals surface area contributed by atoms with Crippen LogP contribution in [0, 0.1) is 0 Å². The molecule has 0 aromatic heterocycles. The van der Waals surface area contributed by atoms with Gasteiger partial charge in [0.05, 0.1) is 0 Å². The van der Waals surface area contributed by atoms with E-state index >= 15 is 0 Å². The Morgan fingerprint density at radius 3 is 2.50 bits per heavy atom. The van der Waals surface area contributed by atoms with Crippen molar-refractivity contribution in [2.75, 3.05) is 6.61 Å². The molecule has 0 aliphatic carbocycles. The lowest BCUT2D eigenvalue weighted by molar-refractivity contribution is -0.194. The molecule has 1 amide bonds. The van der Waals surface area contributed by atoms with Gasteiger partial charge in [-0.1, -0.05) is 12.1 Å². The molecular formula is C12H12F3NO4. The highest BCUT2D eigenvalue weighted by Crippen LogP contribution is 2.33. The lowest BCUT2D eigenvalue weighted by Crippen LogP contribution is -2.49. The second-order valence-electron chi connectivity index (χ2n) is 4.18. The van der Waals surface area contributed by atoms with Crippen molar-refractivity contribution in [2.24, 2.45) is 0 Å². The molecule has 2 atom stereocenters. The highest BCUT2D eigenvalue weighted by atomic mass is 19.4. The number of hydrogen-bond acceptors (Lipinski definition) is 4. The van der Waals surface area contributed by atoms with Crippen LogP contribution < -0.4 is 15.0 Å². The van der Waals surface area contributed by atoms with Gasteiger partial charge in [0.25, 0.3) is 5.91 Å². The van der Waals surface area contributed by atoms with Crippen molar-refractivity contribution >= 4 is 5.91 Å². The average Bonchev–Trinajstić information content (AvgIpc) is 2.36. The van der Waals surface area contributed by atoms with Gasteiger partial charge in [0.15, 0.2) is 18.1 Å². The number of carbonyl (C=O) groups excluding carboxylic acids is 1. The molecule has 0 bridgehead atoms. The summed E-state index contributed by atoms with van der Waals surface area (Å²) in [5, 5.41) is 0. The van der Waals surface area contributed by atoms with Crippen molar-refractivity contribution in [1.29, 1.82) is 0 Å². The lowest BCUT2D eigenvalue weighted by atomic mass is 10.1. The predicted octanol–water partition coefficient (Wildman–Crippen LogP) is 1.82. The smallest absolute Gasteiger partial charge is 0.414 e. The number of halogens is 3. The minimum Gasteiger partial charge on any atom is -0.482 e. The predicted molar refractivity (Wildman–Crippen MR) is 61.1 cm³/mol. The van der Waals surface area contributed by atoms with Crippen molar-refractivity contribution in [3.63, 3.8) is 0 Å². The number of ether oxygens (including phenoxy) is 2. The molecule has 1 aliphatic heterocycles. The Morgan fingerprint density at radius 1 is 1.30 bits per heavy atom. The van der Waals surface area contributed by atoms with Crippen molar-refractivity contribution < 1.29 is 32.3 Å². The van der Waals surface area contributed by atoms with Crippen LogP contribution in [0.3, 0.4) is 0 Å². The summed E-state index contributed by atoms with van der Waals surface area (Å²) in [6.07, 6.45) is -6.26. The fraction of sp³-hybridized carbons (Fsp3) is 0.417. The van der Waals surface area contributed by atoms with Crippen LogP contribution >= 0.6 is 0 Å². The van der Waals surface area contributed by atoms with E-state index in [0.717, 1.165) is 0 Å². The molecule has 0 spiro atoms. The molecule has 2 rings (SSSR count). The first-order chi connectivity index (χ1) is 9.37. The molecule has 2 unspecified atom stereocenters. The summed E-state index contributed by atoms with van der Waals surface area (Å²) in [5.74, 6) is -0.0157. The Bertz CT molecular complexity index is 492. The van der Waals surface area contributed by atoms with E-state index in [4.69, 9.17) is 9.47 Å². The number of hydrogen-bond donors (Lipinski definition) is 1. The first-order valence-corrected chi connectivity index (χ1v) is 5.77. The molecule has 1 aromatic rings. The van der Waals surface area contributed by atoms with Crippen LogP contribution in [-0.4, -0.2) is 30.9 Å². The van der Waals surface area contributed by atoms with Crippen LogP contribution in [0.5, 0.6) is 11.5 Å². The molecule has 8 heteroatoms. The Kier molecular flexibility index (Phi) is 4.03. The van der Waals surface area contributed by atoms with Gasteiger partial charge in [0.1, 0.15) is 6.10 Å². The molecule has 110 valence electrons. The molecule has 1 heterocycles. The molecule has 0 fully saturated rings. The average molecular weight is 291 g/mol. The number of hydroxylamine groups is 1. The number of rotatable bonds is 3. The van der Waals surface area contributed by atoms with E-state index in [9.17, 15) is 18.0 Å². The summed E-state index contributed by atoms with van der Waals surface area (Å²) in [4.78, 5) is 15.8. The fourth-order valence-corrected chi connectivity index (χ4v) is 1.65. The Hall–Kier alpha value is -1.96. The topological polar surface area (TPSA) is 56.8 Å². The Morgan fingerprint density at radius 2 is 1.90 bits per heavy atom. The summed E-state index contributed by atoms with van der Waals surface area (Å²) in [6.45, 7) is 0.00122. The zero-order valence-electron chi connectivity index (χ0n) is 10.4. The molecule has 0 saturated carbocycles. The molecule has 20 heavy (non-hydrogen) atoms. The quantitative estimate of drug-likeness (QED) is 0.863. The summed E-state index contributed by atoms with van der Waals surface area (Å²) < 4.78 is 46.5. The third kappa shape index (κ3) is 3.53. The van der Waals surface area contributed by atoms with E-state index in [1.807, 2.05) is 0 Å². The monoisotopic (exact) mass is 291 g/mol. The second-order valence-corrected chi connectivity index (χ2v) is 4.18. The van der Waals surface area contributed by atoms with E-state index in [1.54, 1.807) is 36.7 Å². The zero-order valence-corrected chi connectivity index (χ0v) is 10.4. The first kappa shape index (κ1) is 14.4. The minimum absolute atomic E-state index is 0.349. The third-order valence-corrected chi connectivity index (χ3v) is 2.51. The van der Waals surface area contributed by atoms with Crippen molar-refractivity contribution in [1.82, 2.24) is 5.48 Å². The Labute approximate surface area is 112 Å². The number of fused-ring (bicyclic) bond motifs is 1. The SMILES string of the molecule is CC1Oc2ccccc2OC1C(=O)NOCC(F)(F)F. The van der Waals surface area contributed by atoms with Gasteiger partial charge in [0.2, 0.25) is 6.10 Å². The van der Waals surface area contributed by atoms with Crippen LogP contribution in [0.1, 0.15) is 6.92 Å². The van der Waals surface area contributed by atoms with Crippen LogP contribution in [0.2, 0.25) is 0 Å². The second kappa shape index (κ2) is 5.58. The van der Waals surface area contributed by atoms with Gasteiger partial charge in [-0.15, -0.1) is 0 Å². The number of carbonyl (C=O) groups is 1. The van der Waals surface area contributed by atoms with Crippen molar-refractivity contribution in [2.45, 2.75) is 25.3 Å². The molecule has 1 N–H and O–H groups in total. The highest BCUT2D eigenvalue weighted by molar-refractivity contribution is 5.81. The molecule has 1 aliphatic rings. The van der Waals surface area contributed by atoms with Crippen molar-refractivity contribution in [3.05, 3.63) is 24.3 Å². The maximum absolute atomic E-state index is 11.9. The summed E-state index contributed by atoms with van der Waals surface area (Å²) in [5.41, 5.74) is 1.71. The van der Waals surface area contributed by atoms with Crippen LogP contribution in [0.4, 0.5) is 13.2 Å². The molecule has 5 nitrogen and oxygen atoms in total. The Balaban J connectivity index is 1.94. The number of para-hydroxylation sites is 2. The van der Waals surface area contributed by atoms with E-state index in [2.05, 4.69) is 4.84 Å². The summed E-state index contributed by atoms with van der Waals surface area (Å²) in [6, 6.07) is 6.69. The van der Waals surface area contributed by atoms with Gasteiger partial charge in [-0.3, -0.25) is 9.63 Å². The van der Waals surface area contributed by atoms with Gasteiger partial charge in [-0.05, 0) is 19.1 Å². The van der Waals surface area contributed by atoms with Gasteiger partial charge < -0.3 is 9.47 Å². The number of nitrogens with one attached hydrogen (secondary N) is 1. The lowest BCUT2D eigenvalue weighted by Gasteiger charge is -2.30. The summed E-state index contributed by atoms with van der Waals surface area (Å²) in [7, 11) is 0. The zero-order chi connectivity index (χ0) is 14.8. The van der Waals surface area contributed by atoms with Crippen LogP contribution in [0.25, 0.3) is 0 Å². The summed E-state index contributed by atoms with van der Waals surface area (Å²) >= 11 is 0. The molecule has 0 saturated heterocycles. The number of benzene rings is 1. The largest absolute Gasteiger partial charge is 0.482 e. The number of alkyl halides is 3. The third-order valence-electron chi connectivity index (χ3n) is 2.51. The maximum Gasteiger partial charge on any atom is 0.414 e. The molecule has 0 radical (unpaired) electrons. The van der Waals surface area contributed by atoms with Gasteiger partial charge in [0, 0.05) is 0 Å². The molecular weight excluding hydrogens is 279 g/mol. The van der Waals surface area contributed by atoms with Gasteiger partial charge in [-0.25, -0.2) is 5.48 Å². The number of amides is 1. The van der Waals surface area contributed by atoms with E-state index in [1.165, 1.54) is 0 Å².